The van der Waals surface area contributed by atoms with Crippen LogP contribution in [0.5, 0.6) is 5.75 Å². The molecule has 0 spiro atoms. The van der Waals surface area contributed by atoms with Gasteiger partial charge in [-0.15, -0.1) is 13.2 Å². The Morgan fingerprint density at radius 1 is 1.16 bits per heavy atom. The molecule has 3 aromatic rings. The molecule has 1 amide bonds. The van der Waals surface area contributed by atoms with E-state index in [9.17, 15) is 22.8 Å². The first-order valence-electron chi connectivity index (χ1n) is 9.58. The number of benzene rings is 2. The normalized spacial score (nSPS) is 12.3. The lowest BCUT2D eigenvalue weighted by Crippen LogP contribution is -2.24. The average molecular weight is 463 g/mol. The number of carbonyl (C=O) groups is 1. The van der Waals surface area contributed by atoms with Crippen LogP contribution in [0.2, 0.25) is 0 Å². The summed E-state index contributed by atoms with van der Waals surface area (Å²) < 4.78 is 40.5. The van der Waals surface area contributed by atoms with Gasteiger partial charge in [0, 0.05) is 22.2 Å². The van der Waals surface area contributed by atoms with E-state index in [0.29, 0.717) is 10.9 Å². The van der Waals surface area contributed by atoms with Gasteiger partial charge in [0.2, 0.25) is 5.91 Å². The second-order valence-corrected chi connectivity index (χ2v) is 8.23. The van der Waals surface area contributed by atoms with E-state index in [1.807, 2.05) is 37.3 Å². The molecule has 6 nitrogen and oxygen atoms in total. The molecule has 0 aliphatic rings. The van der Waals surface area contributed by atoms with Crippen molar-refractivity contribution < 1.29 is 22.7 Å². The zero-order valence-electron chi connectivity index (χ0n) is 17.2. The number of alkyl halides is 3. The quantitative estimate of drug-likeness (QED) is 0.380. The molecule has 10 heteroatoms. The van der Waals surface area contributed by atoms with E-state index in [1.54, 1.807) is 6.92 Å². The van der Waals surface area contributed by atoms with Gasteiger partial charge in [-0.25, -0.2) is 4.98 Å². The topological polar surface area (TPSA) is 84.1 Å². The van der Waals surface area contributed by atoms with Crippen LogP contribution in [-0.2, 0) is 11.2 Å². The molecule has 2 aromatic carbocycles. The van der Waals surface area contributed by atoms with E-state index in [2.05, 4.69) is 20.0 Å². The van der Waals surface area contributed by atoms with Crippen LogP contribution >= 0.6 is 11.8 Å². The molecule has 0 aliphatic heterocycles. The number of carbonyl (C=O) groups excluding carboxylic acids is 1. The second-order valence-electron chi connectivity index (χ2n) is 6.90. The van der Waals surface area contributed by atoms with E-state index in [4.69, 9.17) is 0 Å². The standard InChI is InChI=1S/C22H20F3N3O3S/c1-13-18(12-19(29)27-16-8-10-17(11-9-16)31-22(23,24)25)20(30)28-21(26-13)32-14(2)15-6-4-3-5-7-15/h3-11,14H,12H2,1-2H3,(H,27,29)(H,26,28,30). The Morgan fingerprint density at radius 3 is 2.41 bits per heavy atom. The molecule has 32 heavy (non-hydrogen) atoms. The van der Waals surface area contributed by atoms with Crippen molar-refractivity contribution in [2.75, 3.05) is 5.32 Å². The highest BCUT2D eigenvalue weighted by atomic mass is 32.2. The highest BCUT2D eigenvalue weighted by Gasteiger charge is 2.31. The van der Waals surface area contributed by atoms with Gasteiger partial charge in [-0.05, 0) is 43.7 Å². The molecule has 0 bridgehead atoms. The maximum atomic E-state index is 12.5. The van der Waals surface area contributed by atoms with Gasteiger partial charge < -0.3 is 15.0 Å². The Morgan fingerprint density at radius 2 is 1.81 bits per heavy atom. The summed E-state index contributed by atoms with van der Waals surface area (Å²) in [5, 5.41) is 3.06. The minimum atomic E-state index is -4.79. The predicted octanol–water partition coefficient (Wildman–Crippen LogP) is 5.01. The van der Waals surface area contributed by atoms with E-state index >= 15 is 0 Å². The molecule has 0 saturated heterocycles. The number of hydrogen-bond donors (Lipinski definition) is 2. The van der Waals surface area contributed by atoms with Gasteiger partial charge in [0.15, 0.2) is 5.16 Å². The van der Waals surface area contributed by atoms with Crippen molar-refractivity contribution in [3.63, 3.8) is 0 Å². The summed E-state index contributed by atoms with van der Waals surface area (Å²) >= 11 is 1.40. The third-order valence-corrected chi connectivity index (χ3v) is 5.51. The number of nitrogens with zero attached hydrogens (tertiary/aromatic N) is 1. The number of aromatic amines is 1. The van der Waals surface area contributed by atoms with E-state index in [-0.39, 0.29) is 22.9 Å². The summed E-state index contributed by atoms with van der Waals surface area (Å²) in [5.41, 5.74) is 1.60. The molecule has 0 radical (unpaired) electrons. The minimum Gasteiger partial charge on any atom is -0.406 e. The fourth-order valence-corrected chi connectivity index (χ4v) is 3.88. The Bertz CT molecular complexity index is 1130. The molecule has 3 rings (SSSR count). The average Bonchev–Trinajstić information content (AvgIpc) is 2.72. The molecule has 0 fully saturated rings. The van der Waals surface area contributed by atoms with Crippen LogP contribution in [0.4, 0.5) is 18.9 Å². The number of nitrogens with one attached hydrogen (secondary N) is 2. The van der Waals surface area contributed by atoms with E-state index in [1.165, 1.54) is 23.9 Å². The van der Waals surface area contributed by atoms with Gasteiger partial charge in [-0.3, -0.25) is 9.59 Å². The Kier molecular flexibility index (Phi) is 7.24. The van der Waals surface area contributed by atoms with Crippen LogP contribution in [0.15, 0.2) is 64.5 Å². The first-order valence-corrected chi connectivity index (χ1v) is 10.5. The zero-order valence-corrected chi connectivity index (χ0v) is 18.0. The van der Waals surface area contributed by atoms with Crippen LogP contribution in [-0.4, -0.2) is 22.2 Å². The van der Waals surface area contributed by atoms with Gasteiger partial charge in [0.05, 0.1) is 6.42 Å². The summed E-state index contributed by atoms with van der Waals surface area (Å²) in [6.45, 7) is 3.65. The third kappa shape index (κ3) is 6.61. The van der Waals surface area contributed by atoms with Crippen LogP contribution in [0, 0.1) is 6.92 Å². The number of aryl methyl sites for hydroxylation is 1. The van der Waals surface area contributed by atoms with Gasteiger partial charge in [-0.1, -0.05) is 42.1 Å². The van der Waals surface area contributed by atoms with E-state index < -0.39 is 23.6 Å². The molecule has 1 atom stereocenters. The number of anilines is 1. The highest BCUT2D eigenvalue weighted by molar-refractivity contribution is 7.99. The lowest BCUT2D eigenvalue weighted by Gasteiger charge is -2.12. The largest absolute Gasteiger partial charge is 0.573 e. The molecule has 2 N–H and O–H groups in total. The Hall–Kier alpha value is -3.27. The number of amides is 1. The first kappa shape index (κ1) is 23.4. The number of thioether (sulfide) groups is 1. The first-order chi connectivity index (χ1) is 15.1. The molecule has 1 aromatic heterocycles. The third-order valence-electron chi connectivity index (χ3n) is 4.47. The SMILES string of the molecule is Cc1nc(SC(C)c2ccccc2)[nH]c(=O)c1CC(=O)Nc1ccc(OC(F)(F)F)cc1. The van der Waals surface area contributed by atoms with Crippen LogP contribution in [0.25, 0.3) is 0 Å². The van der Waals surface area contributed by atoms with Crippen molar-refractivity contribution in [3.8, 4) is 5.75 Å². The van der Waals surface area contributed by atoms with Gasteiger partial charge in [0.25, 0.3) is 5.56 Å². The molecular formula is C22H20F3N3O3S. The smallest absolute Gasteiger partial charge is 0.406 e. The van der Waals surface area contributed by atoms with Gasteiger partial charge in [0.1, 0.15) is 5.75 Å². The monoisotopic (exact) mass is 463 g/mol. The summed E-state index contributed by atoms with van der Waals surface area (Å²) in [7, 11) is 0. The zero-order chi connectivity index (χ0) is 23.3. The van der Waals surface area contributed by atoms with Crippen molar-refractivity contribution in [3.05, 3.63) is 81.8 Å². The summed E-state index contributed by atoms with van der Waals surface area (Å²) in [4.78, 5) is 32.0. The molecular weight excluding hydrogens is 443 g/mol. The molecule has 168 valence electrons. The Labute approximate surface area is 186 Å². The number of aromatic nitrogens is 2. The number of H-pyrrole nitrogens is 1. The minimum absolute atomic E-state index is 0.0668. The summed E-state index contributed by atoms with van der Waals surface area (Å²) in [5.74, 6) is -0.896. The van der Waals surface area contributed by atoms with Crippen LogP contribution in [0.3, 0.4) is 0 Å². The number of hydrogen-bond acceptors (Lipinski definition) is 5. The number of halogens is 3. The second kappa shape index (κ2) is 9.90. The molecule has 1 unspecified atom stereocenters. The molecule has 1 heterocycles. The van der Waals surface area contributed by atoms with Crippen molar-refractivity contribution in [1.29, 1.82) is 0 Å². The van der Waals surface area contributed by atoms with Crippen LogP contribution in [0.1, 0.15) is 29.0 Å². The number of rotatable bonds is 7. The lowest BCUT2D eigenvalue weighted by molar-refractivity contribution is -0.274. The predicted molar refractivity (Wildman–Crippen MR) is 116 cm³/mol. The Balaban J connectivity index is 1.64. The highest BCUT2D eigenvalue weighted by Crippen LogP contribution is 2.32. The summed E-state index contributed by atoms with van der Waals surface area (Å²) in [6, 6.07) is 14.5. The lowest BCUT2D eigenvalue weighted by atomic mass is 10.1. The van der Waals surface area contributed by atoms with Crippen LogP contribution < -0.4 is 15.6 Å². The van der Waals surface area contributed by atoms with Crippen molar-refractivity contribution >= 4 is 23.4 Å². The van der Waals surface area contributed by atoms with Crippen molar-refractivity contribution in [2.45, 2.75) is 37.0 Å². The maximum Gasteiger partial charge on any atom is 0.573 e. The van der Waals surface area contributed by atoms with Crippen molar-refractivity contribution in [1.82, 2.24) is 9.97 Å². The van der Waals surface area contributed by atoms with E-state index in [0.717, 1.165) is 17.7 Å². The van der Waals surface area contributed by atoms with Gasteiger partial charge in [-0.2, -0.15) is 0 Å². The summed E-state index contributed by atoms with van der Waals surface area (Å²) in [6.07, 6.45) is -5.02. The number of ether oxygens (including phenoxy) is 1. The van der Waals surface area contributed by atoms with Crippen molar-refractivity contribution in [2.24, 2.45) is 0 Å². The maximum absolute atomic E-state index is 12.5. The van der Waals surface area contributed by atoms with Gasteiger partial charge >= 0.3 is 6.36 Å². The molecule has 0 saturated carbocycles. The fourth-order valence-electron chi connectivity index (χ4n) is 2.91. The molecule has 0 aliphatic carbocycles. The fraction of sp³-hybridized carbons (Fsp3) is 0.227.